The summed E-state index contributed by atoms with van der Waals surface area (Å²) >= 11 is 12.5. The van der Waals surface area contributed by atoms with Gasteiger partial charge in [-0.2, -0.15) is 0 Å². The van der Waals surface area contributed by atoms with Crippen molar-refractivity contribution in [2.45, 2.75) is 31.7 Å². The number of aromatic amines is 1. The second-order valence-electron chi connectivity index (χ2n) is 8.82. The third-order valence-corrected chi connectivity index (χ3v) is 7.23. The fourth-order valence-corrected chi connectivity index (χ4v) is 5.60. The molecule has 1 fully saturated rings. The van der Waals surface area contributed by atoms with Gasteiger partial charge in [0.2, 0.25) is 5.91 Å². The Kier molecular flexibility index (Phi) is 6.22. The van der Waals surface area contributed by atoms with Crippen molar-refractivity contribution in [3.8, 4) is 0 Å². The number of hydrogen-bond acceptors (Lipinski definition) is 5. The minimum atomic E-state index is -0.613. The molecule has 2 aliphatic heterocycles. The largest absolute Gasteiger partial charge is 0.374 e. The Balaban J connectivity index is 1.35. The second-order valence-corrected chi connectivity index (χ2v) is 9.66. The van der Waals surface area contributed by atoms with E-state index in [-0.39, 0.29) is 41.0 Å². The van der Waals surface area contributed by atoms with Crippen molar-refractivity contribution in [2.75, 3.05) is 31.5 Å². The van der Waals surface area contributed by atoms with Crippen molar-refractivity contribution in [3.63, 3.8) is 0 Å². The van der Waals surface area contributed by atoms with Gasteiger partial charge in [0.25, 0.3) is 5.56 Å². The van der Waals surface area contributed by atoms with Crippen LogP contribution in [0.15, 0.2) is 29.1 Å². The summed E-state index contributed by atoms with van der Waals surface area (Å²) in [4.78, 5) is 34.6. The highest BCUT2D eigenvalue weighted by atomic mass is 35.5. The second kappa shape index (κ2) is 9.17. The molecule has 3 aromatic rings. The molecule has 0 spiro atoms. The first-order chi connectivity index (χ1) is 16.3. The molecular formula is C24H24Cl2FN5O2. The van der Waals surface area contributed by atoms with E-state index >= 15 is 0 Å². The van der Waals surface area contributed by atoms with Gasteiger partial charge in [-0.3, -0.25) is 9.59 Å². The Morgan fingerprint density at radius 1 is 1.29 bits per heavy atom. The number of aromatic nitrogens is 2. The molecule has 5 rings (SSSR count). The molecule has 0 unspecified atom stereocenters. The Bertz CT molecular complexity index is 1340. The zero-order chi connectivity index (χ0) is 24.0. The predicted octanol–water partition coefficient (Wildman–Crippen LogP) is 4.00. The summed E-state index contributed by atoms with van der Waals surface area (Å²) < 4.78 is 14.8. The van der Waals surface area contributed by atoms with Crippen LogP contribution >= 0.6 is 23.2 Å². The lowest BCUT2D eigenvalue weighted by atomic mass is 9.93. The summed E-state index contributed by atoms with van der Waals surface area (Å²) in [5.74, 6) is -0.0860. The summed E-state index contributed by atoms with van der Waals surface area (Å²) in [5.41, 5.74) is 2.08. The summed E-state index contributed by atoms with van der Waals surface area (Å²) in [6.07, 6.45) is 1.52. The monoisotopic (exact) mass is 503 g/mol. The van der Waals surface area contributed by atoms with Crippen LogP contribution in [0.3, 0.4) is 0 Å². The van der Waals surface area contributed by atoms with Crippen LogP contribution in [0.4, 0.5) is 10.1 Å². The van der Waals surface area contributed by atoms with Crippen LogP contribution in [0.5, 0.6) is 0 Å². The normalized spacial score (nSPS) is 19.9. The summed E-state index contributed by atoms with van der Waals surface area (Å²) in [6, 6.07) is 5.99. The molecule has 34 heavy (non-hydrogen) atoms. The van der Waals surface area contributed by atoms with Crippen molar-refractivity contribution in [2.24, 2.45) is 0 Å². The molecule has 1 saturated heterocycles. The van der Waals surface area contributed by atoms with E-state index in [2.05, 4.69) is 20.6 Å². The zero-order valence-electron chi connectivity index (χ0n) is 18.6. The lowest BCUT2D eigenvalue weighted by Crippen LogP contribution is -2.42. The molecule has 3 heterocycles. The standard InChI is InChI=1S/C24H24Cl2FN5O2/c1-12-22-13(6-15(25)7-17(22)26)3-5-32(12)21(33)11-29-20-9-19-16(8-18(20)27)24(34)31-23(30-19)14-2-4-28-10-14/h6-9,12,14,28-29H,2-5,10-11H2,1H3,(H,30,31,34)/t12-,14-/m1/s1. The molecule has 10 heteroatoms. The van der Waals surface area contributed by atoms with Gasteiger partial charge < -0.3 is 20.5 Å². The summed E-state index contributed by atoms with van der Waals surface area (Å²) in [6.45, 7) is 3.93. The van der Waals surface area contributed by atoms with Crippen molar-refractivity contribution in [1.82, 2.24) is 20.2 Å². The van der Waals surface area contributed by atoms with Gasteiger partial charge in [-0.15, -0.1) is 0 Å². The molecule has 2 aromatic carbocycles. The number of carbonyl (C=O) groups excluding carboxylic acids is 1. The van der Waals surface area contributed by atoms with Gasteiger partial charge in [0, 0.05) is 29.1 Å². The van der Waals surface area contributed by atoms with Gasteiger partial charge in [0.15, 0.2) is 0 Å². The topological polar surface area (TPSA) is 90.1 Å². The maximum Gasteiger partial charge on any atom is 0.258 e. The lowest BCUT2D eigenvalue weighted by molar-refractivity contribution is -0.131. The van der Waals surface area contributed by atoms with Crippen molar-refractivity contribution in [1.29, 1.82) is 0 Å². The summed E-state index contributed by atoms with van der Waals surface area (Å²) in [5, 5.41) is 7.43. The van der Waals surface area contributed by atoms with Gasteiger partial charge in [0.1, 0.15) is 11.6 Å². The van der Waals surface area contributed by atoms with Crippen molar-refractivity contribution < 1.29 is 9.18 Å². The van der Waals surface area contributed by atoms with Crippen molar-refractivity contribution >= 4 is 45.7 Å². The molecule has 2 atom stereocenters. The van der Waals surface area contributed by atoms with E-state index in [0.717, 1.165) is 36.7 Å². The van der Waals surface area contributed by atoms with Crippen LogP contribution in [-0.2, 0) is 11.2 Å². The lowest BCUT2D eigenvalue weighted by Gasteiger charge is -2.36. The molecule has 0 radical (unpaired) electrons. The molecule has 7 nitrogen and oxygen atoms in total. The van der Waals surface area contributed by atoms with E-state index in [4.69, 9.17) is 23.2 Å². The molecule has 1 aromatic heterocycles. The van der Waals surface area contributed by atoms with Crippen LogP contribution in [0.2, 0.25) is 10.0 Å². The Morgan fingerprint density at radius 3 is 2.88 bits per heavy atom. The molecular weight excluding hydrogens is 480 g/mol. The molecule has 1 amide bonds. The first-order valence-corrected chi connectivity index (χ1v) is 12.0. The highest BCUT2D eigenvalue weighted by molar-refractivity contribution is 6.35. The average Bonchev–Trinajstić information content (AvgIpc) is 3.33. The fraction of sp³-hybridized carbons (Fsp3) is 0.375. The maximum atomic E-state index is 14.8. The van der Waals surface area contributed by atoms with Crippen LogP contribution < -0.4 is 16.2 Å². The number of anilines is 1. The first-order valence-electron chi connectivity index (χ1n) is 11.3. The Labute approximate surface area is 205 Å². The van der Waals surface area contributed by atoms with E-state index in [1.165, 1.54) is 6.07 Å². The predicted molar refractivity (Wildman–Crippen MR) is 131 cm³/mol. The van der Waals surface area contributed by atoms with Crippen molar-refractivity contribution in [3.05, 3.63) is 67.4 Å². The van der Waals surface area contributed by atoms with Gasteiger partial charge in [0.05, 0.1) is 29.2 Å². The minimum absolute atomic E-state index is 0.101. The minimum Gasteiger partial charge on any atom is -0.374 e. The quantitative estimate of drug-likeness (QED) is 0.500. The first kappa shape index (κ1) is 23.1. The fourth-order valence-electron chi connectivity index (χ4n) is 4.91. The van der Waals surface area contributed by atoms with E-state index in [9.17, 15) is 14.0 Å². The smallest absolute Gasteiger partial charge is 0.258 e. The highest BCUT2D eigenvalue weighted by Gasteiger charge is 2.29. The molecule has 178 valence electrons. The number of rotatable bonds is 4. The summed E-state index contributed by atoms with van der Waals surface area (Å²) in [7, 11) is 0. The number of nitrogens with one attached hydrogen (secondary N) is 3. The van der Waals surface area contributed by atoms with Crippen LogP contribution in [0, 0.1) is 5.82 Å². The molecule has 0 aliphatic carbocycles. The number of amides is 1. The van der Waals surface area contributed by atoms with E-state index in [0.29, 0.717) is 34.4 Å². The highest BCUT2D eigenvalue weighted by Crippen LogP contribution is 2.37. The van der Waals surface area contributed by atoms with Gasteiger partial charge in [-0.1, -0.05) is 23.2 Å². The van der Waals surface area contributed by atoms with E-state index in [1.54, 1.807) is 11.0 Å². The van der Waals surface area contributed by atoms with Crippen LogP contribution in [-0.4, -0.2) is 47.0 Å². The van der Waals surface area contributed by atoms with E-state index < -0.39 is 5.82 Å². The zero-order valence-corrected chi connectivity index (χ0v) is 20.1. The number of H-pyrrole nitrogens is 1. The van der Waals surface area contributed by atoms with Gasteiger partial charge >= 0.3 is 0 Å². The number of nitrogens with zero attached hydrogens (tertiary/aromatic N) is 2. The number of carbonyl (C=O) groups is 1. The number of benzene rings is 2. The molecule has 2 aliphatic rings. The number of fused-ring (bicyclic) bond motifs is 2. The van der Waals surface area contributed by atoms with Gasteiger partial charge in [-0.25, -0.2) is 9.37 Å². The van der Waals surface area contributed by atoms with E-state index in [1.807, 2.05) is 13.0 Å². The molecule has 0 saturated carbocycles. The SMILES string of the molecule is C[C@@H]1c2c(Cl)cc(Cl)cc2CCN1C(=O)CNc1cc2nc([C@@H]3CCNC3)[nH]c(=O)c2cc1F. The third-order valence-electron chi connectivity index (χ3n) is 6.70. The van der Waals surface area contributed by atoms with Crippen LogP contribution in [0.1, 0.15) is 42.3 Å². The molecule has 3 N–H and O–H groups in total. The third kappa shape index (κ3) is 4.26. The van der Waals surface area contributed by atoms with Gasteiger partial charge in [-0.05, 0) is 61.7 Å². The number of hydrogen-bond donors (Lipinski definition) is 3. The molecule has 0 bridgehead atoms. The average molecular weight is 504 g/mol. The Hall–Kier alpha value is -2.68. The Morgan fingerprint density at radius 2 is 2.12 bits per heavy atom. The van der Waals surface area contributed by atoms with Crippen LogP contribution in [0.25, 0.3) is 10.9 Å². The number of halogens is 3. The maximum absolute atomic E-state index is 14.8.